The number of carbonyl (C=O) groups is 2. The maximum Gasteiger partial charge on any atom is 0.261 e. The molecule has 1 atom stereocenters. The van der Waals surface area contributed by atoms with Crippen molar-refractivity contribution in [3.05, 3.63) is 100 Å². The lowest BCUT2D eigenvalue weighted by atomic mass is 9.94. The normalized spacial score (nSPS) is 14.5. The number of nitrogens with zero attached hydrogens (tertiary/aromatic N) is 1. The average molecular weight is 564 g/mol. The molecular weight excluding hydrogens is 528 g/mol. The van der Waals surface area contributed by atoms with E-state index in [2.05, 4.69) is 21.2 Å². The third-order valence-corrected chi connectivity index (χ3v) is 7.40. The molecule has 0 radical (unpaired) electrons. The monoisotopic (exact) mass is 562 g/mol. The van der Waals surface area contributed by atoms with Crippen molar-refractivity contribution >= 4 is 27.7 Å². The van der Waals surface area contributed by atoms with Gasteiger partial charge in [-0.25, -0.2) is 0 Å². The first kappa shape index (κ1) is 26.9. The Morgan fingerprint density at radius 3 is 2.27 bits per heavy atom. The first-order chi connectivity index (χ1) is 18.0. The lowest BCUT2D eigenvalue weighted by Crippen LogP contribution is -2.53. The predicted octanol–water partition coefficient (Wildman–Crippen LogP) is 6.23. The van der Waals surface area contributed by atoms with Gasteiger partial charge in [-0.15, -0.1) is 0 Å². The van der Waals surface area contributed by atoms with Crippen LogP contribution in [0.4, 0.5) is 0 Å². The van der Waals surface area contributed by atoms with Gasteiger partial charge in [0.1, 0.15) is 11.8 Å². The third kappa shape index (κ3) is 8.19. The van der Waals surface area contributed by atoms with E-state index in [1.54, 1.807) is 4.90 Å². The van der Waals surface area contributed by atoms with E-state index >= 15 is 0 Å². The third-order valence-electron chi connectivity index (χ3n) is 6.87. The first-order valence-electron chi connectivity index (χ1n) is 13.1. The molecule has 1 aliphatic rings. The molecular formula is C31H35BrN2O3. The van der Waals surface area contributed by atoms with Gasteiger partial charge in [0.2, 0.25) is 5.91 Å². The number of ether oxygens (including phenoxy) is 1. The number of hydrogen-bond donors (Lipinski definition) is 1. The van der Waals surface area contributed by atoms with Crippen LogP contribution in [0, 0.1) is 6.92 Å². The number of aryl methyl sites for hydroxylation is 1. The second-order valence-electron chi connectivity index (χ2n) is 9.80. The van der Waals surface area contributed by atoms with Gasteiger partial charge in [0.05, 0.1) is 0 Å². The highest BCUT2D eigenvalue weighted by atomic mass is 79.9. The Bertz CT molecular complexity index is 1140. The molecule has 1 unspecified atom stereocenters. The van der Waals surface area contributed by atoms with Crippen LogP contribution in [0.3, 0.4) is 0 Å². The standard InChI is InChI=1S/C31H35BrN2O3/c1-23-12-14-25(15-13-23)21-34(30(35)22-37-28-18-16-26(32)17-19-28)29(20-24-8-4-2-5-9-24)31(36)33-27-10-6-3-7-11-27/h2,4-5,8-9,12-19,27,29H,3,6-7,10-11,20-22H2,1H3,(H,33,36). The second-order valence-corrected chi connectivity index (χ2v) is 10.7. The quantitative estimate of drug-likeness (QED) is 0.319. The molecule has 3 aromatic rings. The Kier molecular flexibility index (Phi) is 9.78. The lowest BCUT2D eigenvalue weighted by Gasteiger charge is -2.33. The van der Waals surface area contributed by atoms with E-state index in [1.807, 2.05) is 85.8 Å². The van der Waals surface area contributed by atoms with Crippen molar-refractivity contribution in [3.63, 3.8) is 0 Å². The highest BCUT2D eigenvalue weighted by molar-refractivity contribution is 9.10. The van der Waals surface area contributed by atoms with Crippen LogP contribution in [-0.4, -0.2) is 35.4 Å². The molecule has 194 valence electrons. The fraction of sp³-hybridized carbons (Fsp3) is 0.355. The van der Waals surface area contributed by atoms with E-state index in [4.69, 9.17) is 4.74 Å². The molecule has 1 saturated carbocycles. The van der Waals surface area contributed by atoms with Gasteiger partial charge in [-0.2, -0.15) is 0 Å². The Morgan fingerprint density at radius 2 is 1.59 bits per heavy atom. The smallest absolute Gasteiger partial charge is 0.261 e. The van der Waals surface area contributed by atoms with Gasteiger partial charge in [-0.05, 0) is 55.2 Å². The number of nitrogens with one attached hydrogen (secondary N) is 1. The summed E-state index contributed by atoms with van der Waals surface area (Å²) in [5.74, 6) is 0.293. The van der Waals surface area contributed by atoms with E-state index in [0.717, 1.165) is 46.8 Å². The zero-order chi connectivity index (χ0) is 26.0. The van der Waals surface area contributed by atoms with Crippen LogP contribution in [0.5, 0.6) is 5.75 Å². The second kappa shape index (κ2) is 13.4. The van der Waals surface area contributed by atoms with Gasteiger partial charge in [0, 0.05) is 23.5 Å². The van der Waals surface area contributed by atoms with Gasteiger partial charge in [-0.1, -0.05) is 95.4 Å². The zero-order valence-electron chi connectivity index (χ0n) is 21.4. The molecule has 0 heterocycles. The summed E-state index contributed by atoms with van der Waals surface area (Å²) in [5.41, 5.74) is 3.14. The van der Waals surface area contributed by atoms with Gasteiger partial charge >= 0.3 is 0 Å². The Morgan fingerprint density at radius 1 is 0.919 bits per heavy atom. The van der Waals surface area contributed by atoms with Crippen LogP contribution >= 0.6 is 15.9 Å². The molecule has 0 aliphatic heterocycles. The van der Waals surface area contributed by atoms with Crippen LogP contribution < -0.4 is 10.1 Å². The number of hydrogen-bond acceptors (Lipinski definition) is 3. The zero-order valence-corrected chi connectivity index (χ0v) is 23.0. The topological polar surface area (TPSA) is 58.6 Å². The minimum atomic E-state index is -0.647. The molecule has 6 heteroatoms. The molecule has 0 aromatic heterocycles. The minimum Gasteiger partial charge on any atom is -0.484 e. The molecule has 0 saturated heterocycles. The van der Waals surface area contributed by atoms with Crippen LogP contribution in [0.15, 0.2) is 83.3 Å². The highest BCUT2D eigenvalue weighted by Gasteiger charge is 2.32. The van der Waals surface area contributed by atoms with Crippen molar-refractivity contribution in [1.82, 2.24) is 10.2 Å². The average Bonchev–Trinajstić information content (AvgIpc) is 2.92. The molecule has 1 N–H and O–H groups in total. The molecule has 1 aliphatic carbocycles. The summed E-state index contributed by atoms with van der Waals surface area (Å²) in [4.78, 5) is 29.2. The van der Waals surface area contributed by atoms with Crippen LogP contribution in [0.25, 0.3) is 0 Å². The van der Waals surface area contributed by atoms with Crippen LogP contribution in [-0.2, 0) is 22.6 Å². The summed E-state index contributed by atoms with van der Waals surface area (Å²) >= 11 is 3.42. The fourth-order valence-corrected chi connectivity index (χ4v) is 5.01. The van der Waals surface area contributed by atoms with Gasteiger partial charge in [0.15, 0.2) is 6.61 Å². The molecule has 5 nitrogen and oxygen atoms in total. The van der Waals surface area contributed by atoms with Crippen LogP contribution in [0.1, 0.15) is 48.8 Å². The van der Waals surface area contributed by atoms with Crippen molar-refractivity contribution < 1.29 is 14.3 Å². The minimum absolute atomic E-state index is 0.0974. The summed E-state index contributed by atoms with van der Waals surface area (Å²) in [5, 5.41) is 3.27. The van der Waals surface area contributed by atoms with Crippen molar-refractivity contribution in [2.45, 2.75) is 64.1 Å². The Balaban J connectivity index is 1.59. The largest absolute Gasteiger partial charge is 0.484 e. The van der Waals surface area contributed by atoms with E-state index in [9.17, 15) is 9.59 Å². The summed E-state index contributed by atoms with van der Waals surface area (Å²) in [6, 6.07) is 24.9. The molecule has 0 spiro atoms. The van der Waals surface area contributed by atoms with Crippen LogP contribution in [0.2, 0.25) is 0 Å². The van der Waals surface area contributed by atoms with Crippen molar-refractivity contribution in [2.75, 3.05) is 6.61 Å². The number of halogens is 1. The number of benzene rings is 3. The van der Waals surface area contributed by atoms with Gasteiger partial charge < -0.3 is 15.0 Å². The van der Waals surface area contributed by atoms with Crippen molar-refractivity contribution in [1.29, 1.82) is 0 Å². The van der Waals surface area contributed by atoms with Gasteiger partial charge in [0.25, 0.3) is 5.91 Å². The van der Waals surface area contributed by atoms with E-state index in [1.165, 1.54) is 6.42 Å². The maximum absolute atomic E-state index is 13.8. The molecule has 1 fully saturated rings. The van der Waals surface area contributed by atoms with E-state index in [-0.39, 0.29) is 24.5 Å². The van der Waals surface area contributed by atoms with Crippen molar-refractivity contribution in [2.24, 2.45) is 0 Å². The number of carbonyl (C=O) groups excluding carboxylic acids is 2. The number of amides is 2. The summed E-state index contributed by atoms with van der Waals surface area (Å²) in [7, 11) is 0. The molecule has 2 amide bonds. The summed E-state index contributed by atoms with van der Waals surface area (Å²) in [6.07, 6.45) is 5.88. The Hall–Kier alpha value is -3.12. The van der Waals surface area contributed by atoms with Crippen molar-refractivity contribution in [3.8, 4) is 5.75 Å². The predicted molar refractivity (Wildman–Crippen MR) is 150 cm³/mol. The summed E-state index contributed by atoms with van der Waals surface area (Å²) in [6.45, 7) is 2.22. The fourth-order valence-electron chi connectivity index (χ4n) is 4.75. The first-order valence-corrected chi connectivity index (χ1v) is 13.8. The Labute approximate surface area is 228 Å². The molecule has 4 rings (SSSR count). The molecule has 37 heavy (non-hydrogen) atoms. The van der Waals surface area contributed by atoms with E-state index in [0.29, 0.717) is 18.7 Å². The van der Waals surface area contributed by atoms with Gasteiger partial charge in [-0.3, -0.25) is 9.59 Å². The summed E-state index contributed by atoms with van der Waals surface area (Å²) < 4.78 is 6.79. The van der Waals surface area contributed by atoms with E-state index < -0.39 is 6.04 Å². The molecule has 3 aromatic carbocycles. The SMILES string of the molecule is Cc1ccc(CN(C(=O)COc2ccc(Br)cc2)C(Cc2ccccc2)C(=O)NC2CCCCC2)cc1. The lowest BCUT2D eigenvalue weighted by molar-refractivity contribution is -0.143. The maximum atomic E-state index is 13.8. The number of rotatable bonds is 10. The highest BCUT2D eigenvalue weighted by Crippen LogP contribution is 2.21. The molecule has 0 bridgehead atoms.